The van der Waals surface area contributed by atoms with E-state index in [0.29, 0.717) is 19.5 Å². The first kappa shape index (κ1) is 15.6. The largest absolute Gasteiger partial charge is 0.440 e. The Balaban J connectivity index is 1.40. The molecule has 0 spiro atoms. The summed E-state index contributed by atoms with van der Waals surface area (Å²) < 4.78 is 29.0. The molecule has 7 heteroatoms. The second-order valence-electron chi connectivity index (χ2n) is 6.72. The number of hydrogen-bond donors (Lipinski definition) is 0. The maximum absolute atomic E-state index is 12.5. The van der Waals surface area contributed by atoms with Crippen LogP contribution < -0.4 is 0 Å². The van der Waals surface area contributed by atoms with Crippen LogP contribution in [0, 0.1) is 5.92 Å². The van der Waals surface area contributed by atoms with Crippen LogP contribution in [0.3, 0.4) is 0 Å². The number of fused-ring (bicyclic) bond motifs is 1. The minimum absolute atomic E-state index is 0.00732. The lowest BCUT2D eigenvalue weighted by molar-refractivity contribution is -0.135. The Kier molecular flexibility index (Phi) is 3.83. The minimum Gasteiger partial charge on any atom is -0.440 e. The van der Waals surface area contributed by atoms with Gasteiger partial charge in [0.15, 0.2) is 21.3 Å². The molecule has 3 heterocycles. The van der Waals surface area contributed by atoms with Crippen molar-refractivity contribution < 1.29 is 17.6 Å². The molecule has 2 aromatic rings. The Labute approximate surface area is 140 Å². The fraction of sp³-hybridized carbons (Fsp3) is 0.529. The maximum Gasteiger partial charge on any atom is 0.226 e. The standard InChI is InChI=1S/C17H20N2O4S/c20-17(13-7-10-24(21,22)11-13)19-8-5-12(6-9-19)16-18-14-3-1-2-4-15(14)23-16/h1-4,12-13H,5-11H2/t13-/m0/s1. The summed E-state index contributed by atoms with van der Waals surface area (Å²) in [6.45, 7) is 1.28. The number of para-hydroxylation sites is 2. The lowest BCUT2D eigenvalue weighted by Gasteiger charge is -2.32. The zero-order valence-electron chi connectivity index (χ0n) is 13.3. The van der Waals surface area contributed by atoms with Crippen molar-refractivity contribution in [3.05, 3.63) is 30.2 Å². The van der Waals surface area contributed by atoms with Crippen molar-refractivity contribution in [2.75, 3.05) is 24.6 Å². The van der Waals surface area contributed by atoms with Gasteiger partial charge in [-0.05, 0) is 31.4 Å². The number of aromatic nitrogens is 1. The van der Waals surface area contributed by atoms with E-state index in [1.165, 1.54) is 0 Å². The van der Waals surface area contributed by atoms with Crippen molar-refractivity contribution in [2.45, 2.75) is 25.2 Å². The Bertz CT molecular complexity index is 833. The predicted octanol–water partition coefficient (Wildman–Crippen LogP) is 1.97. The molecule has 1 aromatic carbocycles. The van der Waals surface area contributed by atoms with Crippen molar-refractivity contribution in [1.29, 1.82) is 0 Å². The number of nitrogens with zero attached hydrogens (tertiary/aromatic N) is 2. The Morgan fingerprint density at radius 1 is 1.17 bits per heavy atom. The fourth-order valence-electron chi connectivity index (χ4n) is 3.66. The molecule has 0 unspecified atom stereocenters. The second-order valence-corrected chi connectivity index (χ2v) is 8.95. The van der Waals surface area contributed by atoms with Gasteiger partial charge in [-0.3, -0.25) is 4.79 Å². The Morgan fingerprint density at radius 2 is 1.92 bits per heavy atom. The number of sulfone groups is 1. The van der Waals surface area contributed by atoms with Crippen LogP contribution >= 0.6 is 0 Å². The number of carbonyl (C=O) groups excluding carboxylic acids is 1. The van der Waals surface area contributed by atoms with Gasteiger partial charge < -0.3 is 9.32 Å². The van der Waals surface area contributed by atoms with E-state index in [9.17, 15) is 13.2 Å². The molecule has 0 bridgehead atoms. The highest BCUT2D eigenvalue weighted by Crippen LogP contribution is 2.31. The summed E-state index contributed by atoms with van der Waals surface area (Å²) in [7, 11) is -3.02. The highest BCUT2D eigenvalue weighted by atomic mass is 32.2. The highest BCUT2D eigenvalue weighted by molar-refractivity contribution is 7.91. The quantitative estimate of drug-likeness (QED) is 0.829. The van der Waals surface area contributed by atoms with E-state index in [4.69, 9.17) is 4.42 Å². The van der Waals surface area contributed by atoms with Crippen LogP contribution in [0.15, 0.2) is 28.7 Å². The van der Waals surface area contributed by atoms with Crippen molar-refractivity contribution in [3.8, 4) is 0 Å². The summed E-state index contributed by atoms with van der Waals surface area (Å²) in [5, 5.41) is 0. The molecule has 0 aliphatic carbocycles. The summed E-state index contributed by atoms with van der Waals surface area (Å²) in [6, 6.07) is 7.70. The smallest absolute Gasteiger partial charge is 0.226 e. The first-order valence-corrected chi connectivity index (χ1v) is 10.2. The van der Waals surface area contributed by atoms with E-state index in [-0.39, 0.29) is 29.2 Å². The van der Waals surface area contributed by atoms with Crippen molar-refractivity contribution in [1.82, 2.24) is 9.88 Å². The third kappa shape index (κ3) is 2.92. The van der Waals surface area contributed by atoms with Gasteiger partial charge in [-0.2, -0.15) is 0 Å². The molecule has 1 amide bonds. The van der Waals surface area contributed by atoms with Crippen LogP contribution in [0.4, 0.5) is 0 Å². The molecule has 4 rings (SSSR count). The molecular formula is C17H20N2O4S. The van der Waals surface area contributed by atoms with Crippen molar-refractivity contribution >= 4 is 26.8 Å². The van der Waals surface area contributed by atoms with Gasteiger partial charge in [0.25, 0.3) is 0 Å². The highest BCUT2D eigenvalue weighted by Gasteiger charge is 2.37. The van der Waals surface area contributed by atoms with Crippen LogP contribution in [0.1, 0.15) is 31.1 Å². The number of likely N-dealkylation sites (tertiary alicyclic amines) is 1. The molecule has 24 heavy (non-hydrogen) atoms. The SMILES string of the molecule is O=C([C@H]1CCS(=O)(=O)C1)N1CCC(c2nc3ccccc3o2)CC1. The van der Waals surface area contributed by atoms with Crippen LogP contribution in [-0.4, -0.2) is 48.8 Å². The molecule has 6 nitrogen and oxygen atoms in total. The number of amides is 1. The third-order valence-electron chi connectivity index (χ3n) is 5.05. The Hall–Kier alpha value is -1.89. The van der Waals surface area contributed by atoms with Gasteiger partial charge in [0.05, 0.1) is 17.4 Å². The molecule has 1 atom stereocenters. The first-order valence-electron chi connectivity index (χ1n) is 8.36. The summed E-state index contributed by atoms with van der Waals surface area (Å²) >= 11 is 0. The van der Waals surface area contributed by atoms with Crippen molar-refractivity contribution in [2.24, 2.45) is 5.92 Å². The van der Waals surface area contributed by atoms with E-state index < -0.39 is 9.84 Å². The maximum atomic E-state index is 12.5. The molecule has 2 aliphatic heterocycles. The molecule has 2 aliphatic rings. The van der Waals surface area contributed by atoms with Crippen LogP contribution in [0.25, 0.3) is 11.1 Å². The molecule has 128 valence electrons. The van der Waals surface area contributed by atoms with Gasteiger partial charge >= 0.3 is 0 Å². The number of piperidine rings is 1. The average Bonchev–Trinajstić information content (AvgIpc) is 3.17. The normalized spacial score (nSPS) is 24.5. The topological polar surface area (TPSA) is 80.5 Å². The number of oxazole rings is 1. The number of benzene rings is 1. The Morgan fingerprint density at radius 3 is 2.58 bits per heavy atom. The van der Waals surface area contributed by atoms with Gasteiger partial charge in [0.2, 0.25) is 5.91 Å². The molecule has 0 saturated carbocycles. The van der Waals surface area contributed by atoms with Crippen LogP contribution in [0.5, 0.6) is 0 Å². The zero-order valence-corrected chi connectivity index (χ0v) is 14.2. The number of rotatable bonds is 2. The van der Waals surface area contributed by atoms with Gasteiger partial charge in [-0.15, -0.1) is 0 Å². The number of hydrogen-bond acceptors (Lipinski definition) is 5. The van der Waals surface area contributed by atoms with E-state index in [1.807, 2.05) is 29.2 Å². The second kappa shape index (κ2) is 5.88. The zero-order chi connectivity index (χ0) is 16.7. The van der Waals surface area contributed by atoms with E-state index >= 15 is 0 Å². The van der Waals surface area contributed by atoms with Gasteiger partial charge in [-0.25, -0.2) is 13.4 Å². The molecular weight excluding hydrogens is 328 g/mol. The van der Waals surface area contributed by atoms with Gasteiger partial charge in [0.1, 0.15) is 5.52 Å². The third-order valence-corrected chi connectivity index (χ3v) is 6.82. The minimum atomic E-state index is -3.02. The molecule has 2 fully saturated rings. The van der Waals surface area contributed by atoms with Gasteiger partial charge in [-0.1, -0.05) is 12.1 Å². The molecule has 2 saturated heterocycles. The lowest BCUT2D eigenvalue weighted by Crippen LogP contribution is -2.41. The van der Waals surface area contributed by atoms with E-state index in [1.54, 1.807) is 0 Å². The average molecular weight is 348 g/mol. The molecule has 0 radical (unpaired) electrons. The monoisotopic (exact) mass is 348 g/mol. The molecule has 0 N–H and O–H groups in total. The predicted molar refractivity (Wildman–Crippen MR) is 89.3 cm³/mol. The van der Waals surface area contributed by atoms with Gasteiger partial charge in [0, 0.05) is 19.0 Å². The molecule has 1 aromatic heterocycles. The van der Waals surface area contributed by atoms with E-state index in [2.05, 4.69) is 4.98 Å². The first-order chi connectivity index (χ1) is 11.5. The summed E-state index contributed by atoms with van der Waals surface area (Å²) in [4.78, 5) is 18.9. The van der Waals surface area contributed by atoms with Crippen LogP contribution in [-0.2, 0) is 14.6 Å². The van der Waals surface area contributed by atoms with Crippen molar-refractivity contribution in [3.63, 3.8) is 0 Å². The van der Waals surface area contributed by atoms with Crippen LogP contribution in [0.2, 0.25) is 0 Å². The van der Waals surface area contributed by atoms with E-state index in [0.717, 1.165) is 29.8 Å². The fourth-order valence-corrected chi connectivity index (χ4v) is 5.39. The lowest BCUT2D eigenvalue weighted by atomic mass is 9.95. The number of carbonyl (C=O) groups is 1. The summed E-state index contributed by atoms with van der Waals surface area (Å²) in [5.41, 5.74) is 1.66. The summed E-state index contributed by atoms with van der Waals surface area (Å²) in [6.07, 6.45) is 2.07. The summed E-state index contributed by atoms with van der Waals surface area (Å²) in [5.74, 6) is 0.753.